The minimum Gasteiger partial charge on any atom is -0.481 e. The van der Waals surface area contributed by atoms with Crippen LogP contribution in [0.5, 0.6) is 0 Å². The zero-order chi connectivity index (χ0) is 13.8. The second-order valence-electron chi connectivity index (χ2n) is 5.01. The molecule has 1 fully saturated rings. The summed E-state index contributed by atoms with van der Waals surface area (Å²) >= 11 is 0. The van der Waals surface area contributed by atoms with Crippen LogP contribution in [0.2, 0.25) is 0 Å². The van der Waals surface area contributed by atoms with Gasteiger partial charge in [0.1, 0.15) is 6.04 Å². The Morgan fingerprint density at radius 2 is 1.83 bits per heavy atom. The van der Waals surface area contributed by atoms with Crippen molar-refractivity contribution in [1.29, 1.82) is 0 Å². The number of nitrogens with one attached hydrogen (secondary N) is 1. The van der Waals surface area contributed by atoms with Crippen LogP contribution < -0.4 is 11.1 Å². The van der Waals surface area contributed by atoms with Gasteiger partial charge in [-0.15, -0.1) is 0 Å². The number of carboxylic acids is 1. The van der Waals surface area contributed by atoms with Gasteiger partial charge < -0.3 is 16.2 Å². The van der Waals surface area contributed by atoms with Crippen LogP contribution in [0.1, 0.15) is 45.4 Å². The SMILES string of the molecule is CC(NC(=O)CC1(C(=O)O)CCCCC1)C(N)=O. The van der Waals surface area contributed by atoms with Gasteiger partial charge in [0.25, 0.3) is 0 Å². The second-order valence-corrected chi connectivity index (χ2v) is 5.01. The molecule has 4 N–H and O–H groups in total. The first-order chi connectivity index (χ1) is 8.37. The van der Waals surface area contributed by atoms with E-state index in [1.165, 1.54) is 6.92 Å². The van der Waals surface area contributed by atoms with Gasteiger partial charge in [0, 0.05) is 6.42 Å². The first-order valence-corrected chi connectivity index (χ1v) is 6.19. The summed E-state index contributed by atoms with van der Waals surface area (Å²) in [7, 11) is 0. The van der Waals surface area contributed by atoms with Crippen LogP contribution in [0.25, 0.3) is 0 Å². The highest BCUT2D eigenvalue weighted by Crippen LogP contribution is 2.39. The molecule has 6 heteroatoms. The molecule has 0 aromatic heterocycles. The highest BCUT2D eigenvalue weighted by molar-refractivity contribution is 5.89. The molecule has 0 bridgehead atoms. The molecule has 0 aliphatic heterocycles. The fraction of sp³-hybridized carbons (Fsp3) is 0.750. The van der Waals surface area contributed by atoms with E-state index in [0.717, 1.165) is 19.3 Å². The lowest BCUT2D eigenvalue weighted by Crippen LogP contribution is -2.45. The average molecular weight is 256 g/mol. The fourth-order valence-corrected chi connectivity index (χ4v) is 2.37. The van der Waals surface area contributed by atoms with Crippen molar-refractivity contribution in [2.24, 2.45) is 11.1 Å². The first-order valence-electron chi connectivity index (χ1n) is 6.19. The number of carboxylic acid groups (broad SMARTS) is 1. The number of hydrogen-bond donors (Lipinski definition) is 3. The molecular weight excluding hydrogens is 236 g/mol. The van der Waals surface area contributed by atoms with Gasteiger partial charge in [0.2, 0.25) is 11.8 Å². The van der Waals surface area contributed by atoms with Crippen LogP contribution >= 0.6 is 0 Å². The van der Waals surface area contributed by atoms with Crippen LogP contribution in [0.4, 0.5) is 0 Å². The molecule has 0 radical (unpaired) electrons. The van der Waals surface area contributed by atoms with Gasteiger partial charge in [-0.3, -0.25) is 14.4 Å². The Balaban J connectivity index is 2.64. The molecule has 0 spiro atoms. The van der Waals surface area contributed by atoms with Crippen LogP contribution in [0.3, 0.4) is 0 Å². The van der Waals surface area contributed by atoms with Crippen molar-refractivity contribution in [2.75, 3.05) is 0 Å². The van der Waals surface area contributed by atoms with Crippen LogP contribution in [0.15, 0.2) is 0 Å². The summed E-state index contributed by atoms with van der Waals surface area (Å²) in [5.41, 5.74) is 4.07. The molecule has 1 saturated carbocycles. The number of aliphatic carboxylic acids is 1. The molecule has 1 unspecified atom stereocenters. The molecule has 6 nitrogen and oxygen atoms in total. The molecule has 1 aliphatic carbocycles. The Hall–Kier alpha value is -1.59. The predicted molar refractivity (Wildman–Crippen MR) is 64.6 cm³/mol. The highest BCUT2D eigenvalue weighted by atomic mass is 16.4. The van der Waals surface area contributed by atoms with Gasteiger partial charge in [-0.1, -0.05) is 19.3 Å². The molecule has 1 rings (SSSR count). The minimum absolute atomic E-state index is 0.0834. The van der Waals surface area contributed by atoms with Gasteiger partial charge in [-0.05, 0) is 19.8 Å². The van der Waals surface area contributed by atoms with Crippen LogP contribution in [-0.2, 0) is 14.4 Å². The van der Waals surface area contributed by atoms with Crippen molar-refractivity contribution in [1.82, 2.24) is 5.32 Å². The third-order valence-corrected chi connectivity index (χ3v) is 3.57. The lowest BCUT2D eigenvalue weighted by atomic mass is 9.71. The van der Waals surface area contributed by atoms with E-state index in [1.54, 1.807) is 0 Å². The van der Waals surface area contributed by atoms with Crippen LogP contribution in [-0.4, -0.2) is 28.9 Å². The van der Waals surface area contributed by atoms with E-state index in [-0.39, 0.29) is 6.42 Å². The topological polar surface area (TPSA) is 109 Å². The van der Waals surface area contributed by atoms with Gasteiger partial charge in [-0.2, -0.15) is 0 Å². The lowest BCUT2D eigenvalue weighted by Gasteiger charge is -2.32. The van der Waals surface area contributed by atoms with Gasteiger partial charge in [0.05, 0.1) is 5.41 Å². The number of nitrogens with two attached hydrogens (primary N) is 1. The number of carbonyl (C=O) groups is 3. The van der Waals surface area contributed by atoms with E-state index >= 15 is 0 Å². The summed E-state index contributed by atoms with van der Waals surface area (Å²) < 4.78 is 0. The molecule has 0 saturated heterocycles. The van der Waals surface area contributed by atoms with Crippen molar-refractivity contribution < 1.29 is 19.5 Å². The molecule has 0 aromatic carbocycles. The van der Waals surface area contributed by atoms with E-state index in [4.69, 9.17) is 5.73 Å². The highest BCUT2D eigenvalue weighted by Gasteiger charge is 2.41. The average Bonchev–Trinajstić information content (AvgIpc) is 2.29. The smallest absolute Gasteiger partial charge is 0.310 e. The molecule has 2 amide bonds. The molecule has 1 aliphatic rings. The van der Waals surface area contributed by atoms with Gasteiger partial charge in [0.15, 0.2) is 0 Å². The van der Waals surface area contributed by atoms with E-state index in [2.05, 4.69) is 5.32 Å². The Bertz CT molecular complexity index is 348. The molecular formula is C12H20N2O4. The standard InChI is InChI=1S/C12H20N2O4/c1-8(10(13)16)14-9(15)7-12(11(17)18)5-3-2-4-6-12/h8H,2-7H2,1H3,(H2,13,16)(H,14,15)(H,17,18). The molecule has 18 heavy (non-hydrogen) atoms. The first kappa shape index (κ1) is 14.5. The number of rotatable bonds is 5. The van der Waals surface area contributed by atoms with Crippen molar-refractivity contribution >= 4 is 17.8 Å². The molecule has 0 heterocycles. The number of amides is 2. The normalized spacial score (nSPS) is 19.8. The maximum Gasteiger partial charge on any atom is 0.310 e. The van der Waals surface area contributed by atoms with Gasteiger partial charge in [-0.25, -0.2) is 0 Å². The van der Waals surface area contributed by atoms with Crippen molar-refractivity contribution in [3.05, 3.63) is 0 Å². The largest absolute Gasteiger partial charge is 0.481 e. The number of hydrogen-bond acceptors (Lipinski definition) is 3. The summed E-state index contributed by atoms with van der Waals surface area (Å²) in [6.07, 6.45) is 3.60. The van der Waals surface area contributed by atoms with E-state index in [1.807, 2.05) is 0 Å². The van der Waals surface area contributed by atoms with Crippen LogP contribution in [0, 0.1) is 5.41 Å². The zero-order valence-corrected chi connectivity index (χ0v) is 10.6. The van der Waals surface area contributed by atoms with Crippen molar-refractivity contribution in [2.45, 2.75) is 51.5 Å². The quantitative estimate of drug-likeness (QED) is 0.661. The summed E-state index contributed by atoms with van der Waals surface area (Å²) in [4.78, 5) is 33.9. The summed E-state index contributed by atoms with van der Waals surface area (Å²) in [6, 6.07) is -0.771. The van der Waals surface area contributed by atoms with E-state index < -0.39 is 29.2 Å². The van der Waals surface area contributed by atoms with Gasteiger partial charge >= 0.3 is 5.97 Å². The summed E-state index contributed by atoms with van der Waals surface area (Å²) in [5, 5.41) is 11.7. The van der Waals surface area contributed by atoms with E-state index in [9.17, 15) is 19.5 Å². The molecule has 1 atom stereocenters. The zero-order valence-electron chi connectivity index (χ0n) is 10.6. The Kier molecular flexibility index (Phi) is 4.69. The maximum absolute atomic E-state index is 11.8. The second kappa shape index (κ2) is 5.84. The maximum atomic E-state index is 11.8. The Labute approximate surface area is 106 Å². The third-order valence-electron chi connectivity index (χ3n) is 3.57. The number of carbonyl (C=O) groups excluding carboxylic acids is 2. The summed E-state index contributed by atoms with van der Waals surface area (Å²) in [5.74, 6) is -1.98. The fourth-order valence-electron chi connectivity index (χ4n) is 2.37. The lowest BCUT2D eigenvalue weighted by molar-refractivity contribution is -0.154. The third kappa shape index (κ3) is 3.45. The Morgan fingerprint density at radius 3 is 2.28 bits per heavy atom. The monoisotopic (exact) mass is 256 g/mol. The molecule has 102 valence electrons. The van der Waals surface area contributed by atoms with Crippen molar-refractivity contribution in [3.63, 3.8) is 0 Å². The minimum atomic E-state index is -0.973. The Morgan fingerprint density at radius 1 is 1.28 bits per heavy atom. The van der Waals surface area contributed by atoms with Crippen molar-refractivity contribution in [3.8, 4) is 0 Å². The predicted octanol–water partition coefficient (Wildman–Crippen LogP) is 0.402. The van der Waals surface area contributed by atoms with E-state index in [0.29, 0.717) is 12.8 Å². The molecule has 0 aromatic rings. The summed E-state index contributed by atoms with van der Waals surface area (Å²) in [6.45, 7) is 1.48. The number of primary amides is 1.